The van der Waals surface area contributed by atoms with Crippen LogP contribution in [0.4, 0.5) is 5.69 Å². The molecule has 0 saturated carbocycles. The van der Waals surface area contributed by atoms with E-state index < -0.39 is 0 Å². The molecular formula is C13H18N2O2. The summed E-state index contributed by atoms with van der Waals surface area (Å²) in [5.41, 5.74) is 6.98. The minimum atomic E-state index is 0.120. The van der Waals surface area contributed by atoms with E-state index in [2.05, 4.69) is 4.90 Å². The van der Waals surface area contributed by atoms with Crippen LogP contribution in [0, 0.1) is 0 Å². The zero-order valence-corrected chi connectivity index (χ0v) is 9.89. The normalized spacial score (nSPS) is 16.9. The highest BCUT2D eigenvalue weighted by molar-refractivity contribution is 6.00. The number of hydrogen-bond acceptors (Lipinski definition) is 4. The number of carbonyl (C=O) groups excluding carboxylic acids is 1. The van der Waals surface area contributed by atoms with Crippen LogP contribution in [0.15, 0.2) is 24.3 Å². The van der Waals surface area contributed by atoms with Gasteiger partial charge < -0.3 is 10.5 Å². The van der Waals surface area contributed by atoms with Gasteiger partial charge in [-0.25, -0.2) is 0 Å². The molecule has 1 aromatic rings. The molecule has 1 aliphatic heterocycles. The summed E-state index contributed by atoms with van der Waals surface area (Å²) in [7, 11) is 0. The topological polar surface area (TPSA) is 55.6 Å². The number of hydrogen-bond donors (Lipinski definition) is 1. The zero-order valence-electron chi connectivity index (χ0n) is 9.89. The molecule has 0 spiro atoms. The van der Waals surface area contributed by atoms with Crippen molar-refractivity contribution in [2.45, 2.75) is 6.42 Å². The van der Waals surface area contributed by atoms with Gasteiger partial charge in [0.1, 0.15) is 0 Å². The maximum atomic E-state index is 12.0. The number of anilines is 1. The number of Topliss-reactive ketones (excluding diaryl/α,β-unsaturated/α-hetero) is 1. The smallest absolute Gasteiger partial charge is 0.166 e. The molecule has 1 heterocycles. The van der Waals surface area contributed by atoms with Gasteiger partial charge in [-0.05, 0) is 12.1 Å². The molecule has 1 fully saturated rings. The summed E-state index contributed by atoms with van der Waals surface area (Å²) in [6.07, 6.45) is 0.522. The first-order chi connectivity index (χ1) is 8.27. The van der Waals surface area contributed by atoms with E-state index in [1.54, 1.807) is 12.1 Å². The number of nitrogen functional groups attached to an aromatic ring is 1. The Hall–Kier alpha value is -1.39. The van der Waals surface area contributed by atoms with E-state index in [1.165, 1.54) is 0 Å². The lowest BCUT2D eigenvalue weighted by Gasteiger charge is -2.26. The van der Waals surface area contributed by atoms with Gasteiger partial charge in [0.25, 0.3) is 0 Å². The van der Waals surface area contributed by atoms with Crippen LogP contribution in [0.3, 0.4) is 0 Å². The fourth-order valence-electron chi connectivity index (χ4n) is 1.97. The Balaban J connectivity index is 1.87. The summed E-state index contributed by atoms with van der Waals surface area (Å²) in [5, 5.41) is 0. The molecular weight excluding hydrogens is 216 g/mol. The van der Waals surface area contributed by atoms with Crippen molar-refractivity contribution >= 4 is 11.5 Å². The molecule has 17 heavy (non-hydrogen) atoms. The standard InChI is InChI=1S/C13H18N2O2/c14-12-4-2-1-3-11(12)13(16)5-6-15-7-9-17-10-8-15/h1-4H,5-10,14H2. The van der Waals surface area contributed by atoms with E-state index in [0.717, 1.165) is 32.8 Å². The average Bonchev–Trinajstić information content (AvgIpc) is 2.38. The third kappa shape index (κ3) is 3.28. The van der Waals surface area contributed by atoms with Crippen molar-refractivity contribution in [3.05, 3.63) is 29.8 Å². The number of carbonyl (C=O) groups is 1. The van der Waals surface area contributed by atoms with Crippen molar-refractivity contribution < 1.29 is 9.53 Å². The Morgan fingerprint density at radius 2 is 2.00 bits per heavy atom. The molecule has 4 nitrogen and oxygen atoms in total. The van der Waals surface area contributed by atoms with Crippen LogP contribution < -0.4 is 5.73 Å². The first-order valence-electron chi connectivity index (χ1n) is 5.95. The van der Waals surface area contributed by atoms with Crippen LogP contribution >= 0.6 is 0 Å². The minimum absolute atomic E-state index is 0.120. The van der Waals surface area contributed by atoms with Crippen molar-refractivity contribution in [3.63, 3.8) is 0 Å². The molecule has 1 saturated heterocycles. The number of ether oxygens (including phenoxy) is 1. The van der Waals surface area contributed by atoms with Crippen molar-refractivity contribution in [2.75, 3.05) is 38.6 Å². The fraction of sp³-hybridized carbons (Fsp3) is 0.462. The van der Waals surface area contributed by atoms with Gasteiger partial charge in [0, 0.05) is 37.3 Å². The SMILES string of the molecule is Nc1ccccc1C(=O)CCN1CCOCC1. The summed E-state index contributed by atoms with van der Waals surface area (Å²) < 4.78 is 5.26. The van der Waals surface area contributed by atoms with E-state index in [-0.39, 0.29) is 5.78 Å². The molecule has 0 aromatic heterocycles. The number of benzene rings is 1. The molecule has 0 bridgehead atoms. The lowest BCUT2D eigenvalue weighted by Crippen LogP contribution is -2.37. The number of para-hydroxylation sites is 1. The highest BCUT2D eigenvalue weighted by Crippen LogP contribution is 2.13. The van der Waals surface area contributed by atoms with Gasteiger partial charge in [-0.3, -0.25) is 9.69 Å². The highest BCUT2D eigenvalue weighted by Gasteiger charge is 2.14. The van der Waals surface area contributed by atoms with Crippen LogP contribution in [0.25, 0.3) is 0 Å². The predicted octanol–water partition coefficient (Wildman–Crippen LogP) is 1.17. The maximum absolute atomic E-state index is 12.0. The average molecular weight is 234 g/mol. The van der Waals surface area contributed by atoms with Gasteiger partial charge in [-0.1, -0.05) is 12.1 Å². The predicted molar refractivity (Wildman–Crippen MR) is 67.1 cm³/mol. The van der Waals surface area contributed by atoms with Gasteiger partial charge >= 0.3 is 0 Å². The molecule has 4 heteroatoms. The third-order valence-electron chi connectivity index (χ3n) is 3.02. The Bertz CT molecular complexity index is 387. The molecule has 0 atom stereocenters. The number of ketones is 1. The quantitative estimate of drug-likeness (QED) is 0.627. The lowest BCUT2D eigenvalue weighted by atomic mass is 10.1. The lowest BCUT2D eigenvalue weighted by molar-refractivity contribution is 0.0370. The second-order valence-corrected chi connectivity index (χ2v) is 4.21. The molecule has 0 aliphatic carbocycles. The highest BCUT2D eigenvalue weighted by atomic mass is 16.5. The van der Waals surface area contributed by atoms with Crippen LogP contribution in [0.2, 0.25) is 0 Å². The monoisotopic (exact) mass is 234 g/mol. The molecule has 1 aromatic carbocycles. The van der Waals surface area contributed by atoms with Gasteiger partial charge in [0.2, 0.25) is 0 Å². The maximum Gasteiger partial charge on any atom is 0.166 e. The molecule has 0 radical (unpaired) electrons. The Kier molecular flexibility index (Phi) is 4.12. The number of rotatable bonds is 4. The minimum Gasteiger partial charge on any atom is -0.398 e. The summed E-state index contributed by atoms with van der Waals surface area (Å²) in [5.74, 6) is 0.120. The summed E-state index contributed by atoms with van der Waals surface area (Å²) >= 11 is 0. The second kappa shape index (κ2) is 5.80. The van der Waals surface area contributed by atoms with E-state index in [9.17, 15) is 4.79 Å². The second-order valence-electron chi connectivity index (χ2n) is 4.21. The van der Waals surface area contributed by atoms with E-state index in [1.807, 2.05) is 12.1 Å². The number of nitrogens with zero attached hydrogens (tertiary/aromatic N) is 1. The van der Waals surface area contributed by atoms with E-state index in [4.69, 9.17) is 10.5 Å². The van der Waals surface area contributed by atoms with Crippen LogP contribution in [0.1, 0.15) is 16.8 Å². The zero-order chi connectivity index (χ0) is 12.1. The largest absolute Gasteiger partial charge is 0.398 e. The fourth-order valence-corrected chi connectivity index (χ4v) is 1.97. The van der Waals surface area contributed by atoms with Gasteiger partial charge in [-0.15, -0.1) is 0 Å². The summed E-state index contributed by atoms with van der Waals surface area (Å²) in [6.45, 7) is 4.15. The first kappa shape index (κ1) is 12.1. The Labute approximate surface area is 101 Å². The first-order valence-corrected chi connectivity index (χ1v) is 5.95. The number of nitrogens with two attached hydrogens (primary N) is 1. The van der Waals surface area contributed by atoms with Crippen molar-refractivity contribution in [2.24, 2.45) is 0 Å². The molecule has 0 amide bonds. The summed E-state index contributed by atoms with van der Waals surface area (Å²) in [4.78, 5) is 14.2. The van der Waals surface area contributed by atoms with E-state index >= 15 is 0 Å². The van der Waals surface area contributed by atoms with Crippen molar-refractivity contribution in [1.29, 1.82) is 0 Å². The van der Waals surface area contributed by atoms with Crippen LogP contribution in [-0.4, -0.2) is 43.5 Å². The molecule has 2 rings (SSSR count). The molecule has 0 unspecified atom stereocenters. The Morgan fingerprint density at radius 3 is 2.71 bits per heavy atom. The van der Waals surface area contributed by atoms with E-state index in [0.29, 0.717) is 17.7 Å². The summed E-state index contributed by atoms with van der Waals surface area (Å²) in [6, 6.07) is 7.24. The van der Waals surface area contributed by atoms with Gasteiger partial charge in [0.05, 0.1) is 13.2 Å². The molecule has 2 N–H and O–H groups in total. The molecule has 1 aliphatic rings. The molecule has 92 valence electrons. The van der Waals surface area contributed by atoms with Crippen LogP contribution in [0.5, 0.6) is 0 Å². The Morgan fingerprint density at radius 1 is 1.29 bits per heavy atom. The third-order valence-corrected chi connectivity index (χ3v) is 3.02. The van der Waals surface area contributed by atoms with Crippen molar-refractivity contribution in [1.82, 2.24) is 4.90 Å². The van der Waals surface area contributed by atoms with Gasteiger partial charge in [0.15, 0.2) is 5.78 Å². The van der Waals surface area contributed by atoms with Gasteiger partial charge in [-0.2, -0.15) is 0 Å². The van der Waals surface area contributed by atoms with Crippen molar-refractivity contribution in [3.8, 4) is 0 Å². The number of morpholine rings is 1. The van der Waals surface area contributed by atoms with Crippen LogP contribution in [-0.2, 0) is 4.74 Å².